The van der Waals surface area contributed by atoms with Crippen LogP contribution in [-0.2, 0) is 0 Å². The number of anilines is 1. The molecule has 1 spiro atoms. The number of para-hydroxylation sites is 1. The topological polar surface area (TPSA) is 34.1 Å². The van der Waals surface area contributed by atoms with Crippen LogP contribution in [0.2, 0.25) is 0 Å². The lowest BCUT2D eigenvalue weighted by Crippen LogP contribution is -2.46. The van der Waals surface area contributed by atoms with Gasteiger partial charge in [0.2, 0.25) is 0 Å². The summed E-state index contributed by atoms with van der Waals surface area (Å²) in [7, 11) is 1.94. The number of likely N-dealkylation sites (tertiary alicyclic amines) is 1. The molecule has 2 aliphatic heterocycles. The van der Waals surface area contributed by atoms with Crippen LogP contribution in [0.5, 0.6) is 0 Å². The van der Waals surface area contributed by atoms with Crippen molar-refractivity contribution in [2.24, 2.45) is 10.4 Å². The highest BCUT2D eigenvalue weighted by Crippen LogP contribution is 2.45. The number of hydrogen-bond acceptors (Lipinski definition) is 3. The van der Waals surface area contributed by atoms with Gasteiger partial charge in [0.25, 0.3) is 0 Å². The van der Waals surface area contributed by atoms with Gasteiger partial charge in [0, 0.05) is 58.5 Å². The van der Waals surface area contributed by atoms with Crippen molar-refractivity contribution in [3.05, 3.63) is 30.3 Å². The molecule has 1 saturated carbocycles. The molecule has 1 N–H and O–H groups in total. The van der Waals surface area contributed by atoms with E-state index in [0.29, 0.717) is 5.41 Å². The number of nitrogens with one attached hydrogen (secondary N) is 1. The first-order valence-electron chi connectivity index (χ1n) is 11.8. The SMILES string of the molecule is CN=C(NCCCCN1CCN(c2ccccc2)CC1)N1CCC2(CCCC2)C1.I. The van der Waals surface area contributed by atoms with Gasteiger partial charge in [0.15, 0.2) is 5.96 Å². The zero-order valence-corrected chi connectivity index (χ0v) is 21.0. The van der Waals surface area contributed by atoms with Crippen molar-refractivity contribution in [1.82, 2.24) is 15.1 Å². The van der Waals surface area contributed by atoms with Crippen LogP contribution in [-0.4, -0.2) is 75.2 Å². The Kier molecular flexibility index (Phi) is 9.11. The summed E-state index contributed by atoms with van der Waals surface area (Å²) in [6.45, 7) is 9.32. The third kappa shape index (κ3) is 6.02. The minimum atomic E-state index is 0. The third-order valence-electron chi connectivity index (χ3n) is 7.29. The summed E-state index contributed by atoms with van der Waals surface area (Å²) in [5.41, 5.74) is 1.98. The van der Waals surface area contributed by atoms with Crippen LogP contribution < -0.4 is 10.2 Å². The van der Waals surface area contributed by atoms with E-state index in [1.54, 1.807) is 0 Å². The van der Waals surface area contributed by atoms with Gasteiger partial charge in [-0.2, -0.15) is 0 Å². The van der Waals surface area contributed by atoms with Gasteiger partial charge in [0.05, 0.1) is 0 Å². The smallest absolute Gasteiger partial charge is 0.193 e. The fourth-order valence-corrected chi connectivity index (χ4v) is 5.51. The molecule has 168 valence electrons. The highest BCUT2D eigenvalue weighted by atomic mass is 127. The number of unbranched alkanes of at least 4 members (excludes halogenated alkanes) is 1. The average molecular weight is 526 g/mol. The maximum atomic E-state index is 4.56. The van der Waals surface area contributed by atoms with E-state index in [9.17, 15) is 0 Å². The Hall–Kier alpha value is -1.02. The molecule has 1 aliphatic carbocycles. The molecule has 1 aromatic carbocycles. The number of hydrogen-bond donors (Lipinski definition) is 1. The highest BCUT2D eigenvalue weighted by Gasteiger charge is 2.41. The van der Waals surface area contributed by atoms with Gasteiger partial charge in [0.1, 0.15) is 0 Å². The summed E-state index contributed by atoms with van der Waals surface area (Å²) in [6.07, 6.45) is 9.56. The molecule has 4 rings (SSSR count). The zero-order valence-electron chi connectivity index (χ0n) is 18.7. The van der Waals surface area contributed by atoms with Crippen molar-refractivity contribution in [3.63, 3.8) is 0 Å². The third-order valence-corrected chi connectivity index (χ3v) is 7.29. The van der Waals surface area contributed by atoms with Gasteiger partial charge >= 0.3 is 0 Å². The molecule has 0 bridgehead atoms. The quantitative estimate of drug-likeness (QED) is 0.263. The highest BCUT2D eigenvalue weighted by molar-refractivity contribution is 14.0. The Labute approximate surface area is 200 Å². The summed E-state index contributed by atoms with van der Waals surface area (Å²) in [5, 5.41) is 3.63. The van der Waals surface area contributed by atoms with E-state index in [1.165, 1.54) is 83.4 Å². The van der Waals surface area contributed by atoms with Crippen LogP contribution in [0, 0.1) is 5.41 Å². The van der Waals surface area contributed by atoms with Gasteiger partial charge in [-0.25, -0.2) is 0 Å². The van der Waals surface area contributed by atoms with E-state index in [1.807, 2.05) is 7.05 Å². The van der Waals surface area contributed by atoms with E-state index in [4.69, 9.17) is 0 Å². The number of guanidine groups is 1. The normalized spacial score (nSPS) is 21.8. The number of benzene rings is 1. The van der Waals surface area contributed by atoms with Crippen molar-refractivity contribution < 1.29 is 0 Å². The predicted molar refractivity (Wildman–Crippen MR) is 138 cm³/mol. The molecule has 0 aromatic heterocycles. The lowest BCUT2D eigenvalue weighted by Gasteiger charge is -2.36. The summed E-state index contributed by atoms with van der Waals surface area (Å²) >= 11 is 0. The summed E-state index contributed by atoms with van der Waals surface area (Å²) in [5.74, 6) is 1.13. The number of halogens is 1. The Bertz CT molecular complexity index is 651. The molecule has 0 unspecified atom stereocenters. The lowest BCUT2D eigenvalue weighted by atomic mass is 9.86. The molecule has 0 amide bonds. The molecule has 3 fully saturated rings. The van der Waals surface area contributed by atoms with Crippen molar-refractivity contribution >= 4 is 35.6 Å². The fraction of sp³-hybridized carbons (Fsp3) is 0.708. The van der Waals surface area contributed by atoms with Crippen LogP contribution in [0.3, 0.4) is 0 Å². The van der Waals surface area contributed by atoms with E-state index < -0.39 is 0 Å². The van der Waals surface area contributed by atoms with Gasteiger partial charge in [-0.3, -0.25) is 9.89 Å². The van der Waals surface area contributed by atoms with Gasteiger partial charge in [-0.15, -0.1) is 24.0 Å². The Balaban J connectivity index is 0.00000256. The number of nitrogens with zero attached hydrogens (tertiary/aromatic N) is 4. The second-order valence-corrected chi connectivity index (χ2v) is 9.22. The number of piperazine rings is 1. The Morgan fingerprint density at radius 2 is 1.70 bits per heavy atom. The van der Waals surface area contributed by atoms with Crippen molar-refractivity contribution in [2.45, 2.75) is 44.9 Å². The summed E-state index contributed by atoms with van der Waals surface area (Å²) in [6, 6.07) is 10.8. The first kappa shape index (κ1) is 23.6. The van der Waals surface area contributed by atoms with Crippen molar-refractivity contribution in [1.29, 1.82) is 0 Å². The molecule has 2 heterocycles. The Morgan fingerprint density at radius 3 is 2.40 bits per heavy atom. The second-order valence-electron chi connectivity index (χ2n) is 9.22. The van der Waals surface area contributed by atoms with Gasteiger partial charge in [-0.05, 0) is 56.2 Å². The molecular weight excluding hydrogens is 485 g/mol. The van der Waals surface area contributed by atoms with E-state index >= 15 is 0 Å². The lowest BCUT2D eigenvalue weighted by molar-refractivity contribution is 0.253. The van der Waals surface area contributed by atoms with Crippen LogP contribution in [0.25, 0.3) is 0 Å². The molecule has 0 atom stereocenters. The van der Waals surface area contributed by atoms with Crippen LogP contribution >= 0.6 is 24.0 Å². The molecule has 6 heteroatoms. The van der Waals surface area contributed by atoms with Gasteiger partial charge < -0.3 is 15.1 Å². The van der Waals surface area contributed by atoms with Crippen LogP contribution in [0.1, 0.15) is 44.9 Å². The number of rotatable bonds is 6. The van der Waals surface area contributed by atoms with Crippen molar-refractivity contribution in [3.8, 4) is 0 Å². The molecule has 0 radical (unpaired) electrons. The maximum Gasteiger partial charge on any atom is 0.193 e. The standard InChI is InChI=1S/C24H39N5.HI/c1-25-23(29-16-13-24(21-29)11-5-6-12-24)26-14-7-8-15-27-17-19-28(20-18-27)22-9-3-2-4-10-22;/h2-4,9-10H,5-8,11-21H2,1H3,(H,25,26);1H. The minimum Gasteiger partial charge on any atom is -0.369 e. The predicted octanol–water partition coefficient (Wildman–Crippen LogP) is 4.05. The zero-order chi connectivity index (χ0) is 19.9. The first-order chi connectivity index (χ1) is 14.3. The van der Waals surface area contributed by atoms with E-state index in [-0.39, 0.29) is 24.0 Å². The van der Waals surface area contributed by atoms with Crippen LogP contribution in [0.15, 0.2) is 35.3 Å². The second kappa shape index (κ2) is 11.6. The molecule has 3 aliphatic rings. The van der Waals surface area contributed by atoms with E-state index in [0.717, 1.165) is 25.6 Å². The fourth-order valence-electron chi connectivity index (χ4n) is 5.51. The molecule has 1 aromatic rings. The van der Waals surface area contributed by atoms with E-state index in [2.05, 4.69) is 55.3 Å². The monoisotopic (exact) mass is 525 g/mol. The minimum absolute atomic E-state index is 0. The first-order valence-corrected chi connectivity index (χ1v) is 11.8. The molecule has 5 nitrogen and oxygen atoms in total. The molecular formula is C24H40IN5. The average Bonchev–Trinajstić information content (AvgIpc) is 3.41. The van der Waals surface area contributed by atoms with Gasteiger partial charge in [-0.1, -0.05) is 31.0 Å². The maximum absolute atomic E-state index is 4.56. The van der Waals surface area contributed by atoms with Crippen LogP contribution in [0.4, 0.5) is 5.69 Å². The van der Waals surface area contributed by atoms with Crippen molar-refractivity contribution in [2.75, 3.05) is 64.3 Å². The molecule has 2 saturated heterocycles. The number of aliphatic imine (C=N–C) groups is 1. The molecule has 30 heavy (non-hydrogen) atoms. The summed E-state index contributed by atoms with van der Waals surface area (Å²) < 4.78 is 0. The summed E-state index contributed by atoms with van der Waals surface area (Å²) in [4.78, 5) is 12.2. The largest absolute Gasteiger partial charge is 0.369 e. The Morgan fingerprint density at radius 1 is 0.967 bits per heavy atom.